The number of carbonyl (C=O) groups is 2. The predicted octanol–water partition coefficient (Wildman–Crippen LogP) is 7.36. The molecule has 0 aliphatic heterocycles. The molecule has 0 aliphatic carbocycles. The number of carbonyl (C=O) groups excluding carboxylic acids is 2. The van der Waals surface area contributed by atoms with Crippen molar-refractivity contribution in [3.8, 4) is 0 Å². The maximum absolute atomic E-state index is 14.6. The lowest BCUT2D eigenvalue weighted by atomic mass is 10.0. The fourth-order valence-electron chi connectivity index (χ4n) is 5.21. The van der Waals surface area contributed by atoms with Crippen LogP contribution in [0.2, 0.25) is 10.0 Å². The second-order valence-corrected chi connectivity index (χ2v) is 13.9. The fourth-order valence-corrected chi connectivity index (χ4v) is 7.03. The first-order valence-corrected chi connectivity index (χ1v) is 17.4. The molecule has 4 aromatic rings. The number of nitrogens with one attached hydrogen (secondary N) is 1. The minimum atomic E-state index is -4.18. The highest BCUT2D eigenvalue weighted by Crippen LogP contribution is 2.29. The van der Waals surface area contributed by atoms with Gasteiger partial charge in [-0.2, -0.15) is 0 Å². The van der Waals surface area contributed by atoms with Gasteiger partial charge in [0.05, 0.1) is 20.6 Å². The minimum Gasteiger partial charge on any atom is -0.354 e. The molecule has 10 heteroatoms. The summed E-state index contributed by atoms with van der Waals surface area (Å²) in [4.78, 5) is 29.9. The highest BCUT2D eigenvalue weighted by molar-refractivity contribution is 7.92. The van der Waals surface area contributed by atoms with E-state index in [0.717, 1.165) is 28.3 Å². The zero-order valence-corrected chi connectivity index (χ0v) is 28.6. The molecule has 0 saturated heterocycles. The zero-order chi connectivity index (χ0) is 33.3. The molecule has 0 bridgehead atoms. The Morgan fingerprint density at radius 2 is 1.50 bits per heavy atom. The number of aryl methyl sites for hydroxylation is 2. The predicted molar refractivity (Wildman–Crippen MR) is 186 cm³/mol. The Morgan fingerprint density at radius 3 is 2.13 bits per heavy atom. The quantitative estimate of drug-likeness (QED) is 0.141. The summed E-state index contributed by atoms with van der Waals surface area (Å²) in [5.41, 5.74) is 3.53. The van der Waals surface area contributed by atoms with Gasteiger partial charge in [0, 0.05) is 19.5 Å². The molecule has 0 spiro atoms. The topological polar surface area (TPSA) is 86.8 Å². The summed E-state index contributed by atoms with van der Waals surface area (Å²) in [5.74, 6) is -0.869. The number of halogens is 2. The second-order valence-electron chi connectivity index (χ2n) is 11.2. The summed E-state index contributed by atoms with van der Waals surface area (Å²) >= 11 is 12.5. The van der Waals surface area contributed by atoms with Gasteiger partial charge in [-0.15, -0.1) is 0 Å². The first kappa shape index (κ1) is 35.0. The average Bonchev–Trinajstić information content (AvgIpc) is 3.04. The van der Waals surface area contributed by atoms with Crippen LogP contribution < -0.4 is 9.62 Å². The third kappa shape index (κ3) is 8.90. The lowest BCUT2D eigenvalue weighted by Crippen LogP contribution is -2.53. The number of sulfonamides is 1. The van der Waals surface area contributed by atoms with E-state index < -0.39 is 28.5 Å². The lowest BCUT2D eigenvalue weighted by molar-refractivity contribution is -0.140. The van der Waals surface area contributed by atoms with E-state index in [-0.39, 0.29) is 23.8 Å². The van der Waals surface area contributed by atoms with Crippen LogP contribution in [0.5, 0.6) is 0 Å². The van der Waals surface area contributed by atoms with Crippen LogP contribution in [0.1, 0.15) is 42.0 Å². The van der Waals surface area contributed by atoms with E-state index in [1.165, 1.54) is 17.0 Å². The van der Waals surface area contributed by atoms with Crippen LogP contribution in [-0.2, 0) is 32.6 Å². The Kier molecular flexibility index (Phi) is 12.3. The van der Waals surface area contributed by atoms with Gasteiger partial charge in [0.2, 0.25) is 11.8 Å². The molecule has 1 atom stereocenters. The number of nitrogens with zero attached hydrogens (tertiary/aromatic N) is 2. The largest absolute Gasteiger partial charge is 0.354 e. The summed E-state index contributed by atoms with van der Waals surface area (Å²) in [6.07, 6.45) is 1.89. The van der Waals surface area contributed by atoms with Gasteiger partial charge in [0.25, 0.3) is 10.0 Å². The Hall–Kier alpha value is -3.85. The SMILES string of the molecule is CCCCNC(=O)[C@@H](Cc1ccccc1)N(Cc1ccc(Cl)c(Cl)c1)C(=O)CN(c1ccc(C)cc1C)S(=O)(=O)c1ccccc1. The van der Waals surface area contributed by atoms with Crippen molar-refractivity contribution >= 4 is 50.7 Å². The van der Waals surface area contributed by atoms with Crippen molar-refractivity contribution in [1.29, 1.82) is 0 Å². The molecule has 0 aliphatic rings. The van der Waals surface area contributed by atoms with Crippen molar-refractivity contribution in [3.63, 3.8) is 0 Å². The van der Waals surface area contributed by atoms with Crippen LogP contribution >= 0.6 is 23.2 Å². The normalized spacial score (nSPS) is 11.9. The molecule has 4 aromatic carbocycles. The van der Waals surface area contributed by atoms with Crippen LogP contribution in [-0.4, -0.2) is 44.3 Å². The van der Waals surface area contributed by atoms with E-state index in [2.05, 4.69) is 5.32 Å². The van der Waals surface area contributed by atoms with Gasteiger partial charge in [-0.1, -0.05) is 109 Å². The number of rotatable bonds is 14. The Bertz CT molecular complexity index is 1750. The molecule has 7 nitrogen and oxygen atoms in total. The van der Waals surface area contributed by atoms with E-state index in [1.807, 2.05) is 63.2 Å². The van der Waals surface area contributed by atoms with E-state index in [4.69, 9.17) is 23.2 Å². The molecule has 0 fully saturated rings. The number of unbranched alkanes of at least 4 members (excludes halogenated alkanes) is 1. The Morgan fingerprint density at radius 1 is 0.826 bits per heavy atom. The van der Waals surface area contributed by atoms with E-state index in [9.17, 15) is 18.0 Å². The molecule has 46 heavy (non-hydrogen) atoms. The molecular weight excluding hydrogens is 641 g/mol. The van der Waals surface area contributed by atoms with Gasteiger partial charge in [0.1, 0.15) is 12.6 Å². The maximum atomic E-state index is 14.6. The average molecular weight is 681 g/mol. The van der Waals surface area contributed by atoms with Gasteiger partial charge in [-0.3, -0.25) is 13.9 Å². The molecule has 0 heterocycles. The van der Waals surface area contributed by atoms with Crippen molar-refractivity contribution < 1.29 is 18.0 Å². The molecule has 1 N–H and O–H groups in total. The van der Waals surface area contributed by atoms with E-state index in [1.54, 1.807) is 42.5 Å². The van der Waals surface area contributed by atoms with Crippen molar-refractivity contribution in [1.82, 2.24) is 10.2 Å². The van der Waals surface area contributed by atoms with Crippen LogP contribution in [0.3, 0.4) is 0 Å². The Balaban J connectivity index is 1.82. The van der Waals surface area contributed by atoms with Crippen LogP contribution in [0, 0.1) is 13.8 Å². The summed E-state index contributed by atoms with van der Waals surface area (Å²) in [5, 5.41) is 3.66. The van der Waals surface area contributed by atoms with E-state index in [0.29, 0.717) is 33.4 Å². The summed E-state index contributed by atoms with van der Waals surface area (Å²) in [7, 11) is -4.18. The maximum Gasteiger partial charge on any atom is 0.264 e. The van der Waals surface area contributed by atoms with Crippen molar-refractivity contribution in [3.05, 3.63) is 129 Å². The van der Waals surface area contributed by atoms with Crippen LogP contribution in [0.4, 0.5) is 5.69 Å². The standard InChI is InChI=1S/C36H39Cl2N3O4S/c1-4-5-20-39-36(43)34(23-28-12-8-6-9-13-28)40(24-29-17-18-31(37)32(38)22-29)35(42)25-41(33-19-16-26(2)21-27(33)3)46(44,45)30-14-10-7-11-15-30/h6-19,21-22,34H,4-5,20,23-25H2,1-3H3,(H,39,43)/t34-/m1/s1. The third-order valence-electron chi connectivity index (χ3n) is 7.67. The number of hydrogen-bond donors (Lipinski definition) is 1. The number of amides is 2. The first-order chi connectivity index (χ1) is 22.0. The molecule has 0 aromatic heterocycles. The molecular formula is C36H39Cl2N3O4S. The Labute approximate surface area is 282 Å². The highest BCUT2D eigenvalue weighted by Gasteiger charge is 2.35. The summed E-state index contributed by atoms with van der Waals surface area (Å²) in [6, 6.07) is 26.9. The van der Waals surface area contributed by atoms with Crippen molar-refractivity contribution in [2.45, 2.75) is 57.5 Å². The van der Waals surface area contributed by atoms with Gasteiger partial charge in [0.15, 0.2) is 0 Å². The van der Waals surface area contributed by atoms with Crippen molar-refractivity contribution in [2.75, 3.05) is 17.4 Å². The van der Waals surface area contributed by atoms with Crippen LogP contribution in [0.15, 0.2) is 102 Å². The molecule has 242 valence electrons. The zero-order valence-electron chi connectivity index (χ0n) is 26.2. The van der Waals surface area contributed by atoms with Crippen LogP contribution in [0.25, 0.3) is 0 Å². The highest BCUT2D eigenvalue weighted by atomic mass is 35.5. The smallest absolute Gasteiger partial charge is 0.264 e. The fraction of sp³-hybridized carbons (Fsp3) is 0.278. The van der Waals surface area contributed by atoms with Crippen molar-refractivity contribution in [2.24, 2.45) is 0 Å². The molecule has 2 amide bonds. The molecule has 4 rings (SSSR count). The lowest BCUT2D eigenvalue weighted by Gasteiger charge is -2.34. The first-order valence-electron chi connectivity index (χ1n) is 15.2. The number of anilines is 1. The molecule has 0 saturated carbocycles. The van der Waals surface area contributed by atoms with Gasteiger partial charge >= 0.3 is 0 Å². The van der Waals surface area contributed by atoms with Gasteiger partial charge in [-0.25, -0.2) is 8.42 Å². The second kappa shape index (κ2) is 16.1. The minimum absolute atomic E-state index is 0.000521. The molecule has 0 unspecified atom stereocenters. The van der Waals surface area contributed by atoms with Gasteiger partial charge < -0.3 is 10.2 Å². The third-order valence-corrected chi connectivity index (χ3v) is 10.2. The van der Waals surface area contributed by atoms with E-state index >= 15 is 0 Å². The monoisotopic (exact) mass is 679 g/mol. The number of hydrogen-bond acceptors (Lipinski definition) is 4. The summed E-state index contributed by atoms with van der Waals surface area (Å²) < 4.78 is 29.5. The summed E-state index contributed by atoms with van der Waals surface area (Å²) in [6.45, 7) is 5.68. The van der Waals surface area contributed by atoms with Gasteiger partial charge in [-0.05, 0) is 67.3 Å². The number of benzene rings is 4. The molecule has 0 radical (unpaired) electrons.